The van der Waals surface area contributed by atoms with Crippen LogP contribution in [0.25, 0.3) is 0 Å². The number of hydrogen-bond acceptors (Lipinski definition) is 3. The zero-order chi connectivity index (χ0) is 16.4. The topological polar surface area (TPSA) is 48.6 Å². The molecule has 5 nitrogen and oxygen atoms in total. The lowest BCUT2D eigenvalue weighted by Crippen LogP contribution is -2.46. The van der Waals surface area contributed by atoms with Crippen LogP contribution in [0.3, 0.4) is 0 Å². The molecule has 2 saturated heterocycles. The molecule has 2 fully saturated rings. The van der Waals surface area contributed by atoms with Crippen molar-refractivity contribution in [2.75, 3.05) is 19.7 Å². The molecule has 0 spiro atoms. The van der Waals surface area contributed by atoms with Gasteiger partial charge >= 0.3 is 6.09 Å². The highest BCUT2D eigenvalue weighted by Crippen LogP contribution is 2.33. The van der Waals surface area contributed by atoms with Crippen LogP contribution in [0.4, 0.5) is 4.79 Å². The van der Waals surface area contributed by atoms with Crippen LogP contribution in [0.1, 0.15) is 30.1 Å². The Labute approximate surface area is 142 Å². The average Bonchev–Trinajstić information content (AvgIpc) is 3.26. The Hall–Kier alpha value is -2.27. The molecule has 24 heavy (non-hydrogen) atoms. The van der Waals surface area contributed by atoms with Gasteiger partial charge < -0.3 is 9.72 Å². The summed E-state index contributed by atoms with van der Waals surface area (Å²) in [6.07, 6.45) is 3.80. The van der Waals surface area contributed by atoms with Gasteiger partial charge in [-0.25, -0.2) is 4.79 Å². The van der Waals surface area contributed by atoms with Crippen LogP contribution in [-0.2, 0) is 11.3 Å². The molecular weight excluding hydrogens is 302 g/mol. The van der Waals surface area contributed by atoms with E-state index in [2.05, 4.69) is 28.1 Å². The number of aromatic amines is 1. The summed E-state index contributed by atoms with van der Waals surface area (Å²) in [4.78, 5) is 20.0. The van der Waals surface area contributed by atoms with E-state index in [4.69, 9.17) is 4.74 Å². The van der Waals surface area contributed by atoms with Crippen LogP contribution >= 0.6 is 0 Å². The Morgan fingerprint density at radius 1 is 1.08 bits per heavy atom. The smallest absolute Gasteiger partial charge is 0.410 e. The van der Waals surface area contributed by atoms with E-state index in [0.717, 1.165) is 38.0 Å². The van der Waals surface area contributed by atoms with E-state index >= 15 is 0 Å². The fourth-order valence-corrected chi connectivity index (χ4v) is 3.83. The van der Waals surface area contributed by atoms with Crippen LogP contribution in [0.2, 0.25) is 0 Å². The number of piperidine rings is 1. The van der Waals surface area contributed by atoms with E-state index in [1.54, 1.807) is 0 Å². The van der Waals surface area contributed by atoms with Crippen molar-refractivity contribution >= 4 is 6.09 Å². The number of carbonyl (C=O) groups is 1. The van der Waals surface area contributed by atoms with Crippen molar-refractivity contribution in [2.24, 2.45) is 0 Å². The molecule has 3 heterocycles. The molecule has 4 rings (SSSR count). The van der Waals surface area contributed by atoms with Crippen molar-refractivity contribution in [1.29, 1.82) is 0 Å². The summed E-state index contributed by atoms with van der Waals surface area (Å²) < 4.78 is 5.37. The summed E-state index contributed by atoms with van der Waals surface area (Å²) in [5, 5.41) is 0. The third kappa shape index (κ3) is 3.04. The number of hydrogen-bond donors (Lipinski definition) is 1. The third-order valence-corrected chi connectivity index (χ3v) is 5.10. The van der Waals surface area contributed by atoms with Gasteiger partial charge in [0, 0.05) is 37.6 Å². The molecule has 126 valence electrons. The Kier molecular flexibility index (Phi) is 4.26. The summed E-state index contributed by atoms with van der Waals surface area (Å²) in [5.74, 6) is 0. The van der Waals surface area contributed by atoms with Gasteiger partial charge in [-0.3, -0.25) is 9.80 Å². The van der Waals surface area contributed by atoms with Crippen LogP contribution in [0.15, 0.2) is 48.7 Å². The van der Waals surface area contributed by atoms with E-state index in [9.17, 15) is 4.79 Å². The molecule has 1 N–H and O–H groups in total. The summed E-state index contributed by atoms with van der Waals surface area (Å²) >= 11 is 0. The minimum absolute atomic E-state index is 0.0543. The maximum absolute atomic E-state index is 12.3. The molecule has 0 saturated carbocycles. The van der Waals surface area contributed by atoms with Crippen molar-refractivity contribution in [3.05, 3.63) is 59.9 Å². The lowest BCUT2D eigenvalue weighted by Gasteiger charge is -2.37. The Balaban J connectivity index is 1.41. The second kappa shape index (κ2) is 6.69. The SMILES string of the molecule is O=C1OC[C@@H](c2ccccc2)N1C1CCN(Cc2ccc[nH]2)CC1. The highest BCUT2D eigenvalue weighted by atomic mass is 16.6. The molecule has 0 unspecified atom stereocenters. The molecule has 2 aliphatic heterocycles. The van der Waals surface area contributed by atoms with Gasteiger partial charge in [-0.2, -0.15) is 0 Å². The number of rotatable bonds is 4. The van der Waals surface area contributed by atoms with Gasteiger partial charge in [0.25, 0.3) is 0 Å². The van der Waals surface area contributed by atoms with Gasteiger partial charge in [0.05, 0.1) is 6.04 Å². The predicted octanol–water partition coefficient (Wildman–Crippen LogP) is 3.17. The van der Waals surface area contributed by atoms with E-state index in [-0.39, 0.29) is 18.2 Å². The van der Waals surface area contributed by atoms with Crippen LogP contribution in [0, 0.1) is 0 Å². The second-order valence-electron chi connectivity index (χ2n) is 6.61. The van der Waals surface area contributed by atoms with E-state index < -0.39 is 0 Å². The van der Waals surface area contributed by atoms with E-state index in [0.29, 0.717) is 6.61 Å². The van der Waals surface area contributed by atoms with Crippen molar-refractivity contribution in [1.82, 2.24) is 14.8 Å². The minimum atomic E-state index is -0.160. The molecule has 2 aromatic rings. The van der Waals surface area contributed by atoms with Crippen molar-refractivity contribution in [3.63, 3.8) is 0 Å². The first kappa shape index (κ1) is 15.3. The number of nitrogens with one attached hydrogen (secondary N) is 1. The molecule has 0 aliphatic carbocycles. The number of nitrogens with zero attached hydrogens (tertiary/aromatic N) is 2. The second-order valence-corrected chi connectivity index (χ2v) is 6.61. The number of aromatic nitrogens is 1. The van der Waals surface area contributed by atoms with E-state index in [1.807, 2.05) is 35.4 Å². The number of benzene rings is 1. The molecule has 1 amide bonds. The molecule has 0 bridgehead atoms. The fourth-order valence-electron chi connectivity index (χ4n) is 3.83. The highest BCUT2D eigenvalue weighted by molar-refractivity contribution is 5.71. The normalized spacial score (nSPS) is 22.8. The maximum Gasteiger partial charge on any atom is 0.410 e. The lowest BCUT2D eigenvalue weighted by molar-refractivity contribution is 0.103. The largest absolute Gasteiger partial charge is 0.447 e. The van der Waals surface area contributed by atoms with Gasteiger partial charge in [-0.05, 0) is 30.5 Å². The molecule has 1 aromatic heterocycles. The van der Waals surface area contributed by atoms with Gasteiger partial charge in [-0.15, -0.1) is 0 Å². The molecular formula is C19H23N3O2. The van der Waals surface area contributed by atoms with Gasteiger partial charge in [0.2, 0.25) is 0 Å². The third-order valence-electron chi connectivity index (χ3n) is 5.10. The van der Waals surface area contributed by atoms with Crippen molar-refractivity contribution in [3.8, 4) is 0 Å². The van der Waals surface area contributed by atoms with Gasteiger partial charge in [0.15, 0.2) is 0 Å². The summed E-state index contributed by atoms with van der Waals surface area (Å²) in [7, 11) is 0. The summed E-state index contributed by atoms with van der Waals surface area (Å²) in [6.45, 7) is 3.43. The van der Waals surface area contributed by atoms with Gasteiger partial charge in [-0.1, -0.05) is 30.3 Å². The first-order valence-electron chi connectivity index (χ1n) is 8.66. The summed E-state index contributed by atoms with van der Waals surface area (Å²) in [5.41, 5.74) is 2.41. The summed E-state index contributed by atoms with van der Waals surface area (Å²) in [6, 6.07) is 14.7. The number of amides is 1. The average molecular weight is 325 g/mol. The molecule has 5 heteroatoms. The number of carbonyl (C=O) groups excluding carboxylic acids is 1. The maximum atomic E-state index is 12.3. The Morgan fingerprint density at radius 2 is 1.88 bits per heavy atom. The van der Waals surface area contributed by atoms with Crippen LogP contribution in [-0.4, -0.2) is 46.6 Å². The van der Waals surface area contributed by atoms with Crippen molar-refractivity contribution < 1.29 is 9.53 Å². The monoisotopic (exact) mass is 325 g/mol. The number of likely N-dealkylation sites (tertiary alicyclic amines) is 1. The number of ether oxygens (including phenoxy) is 1. The molecule has 1 aromatic carbocycles. The van der Waals surface area contributed by atoms with E-state index in [1.165, 1.54) is 5.69 Å². The highest BCUT2D eigenvalue weighted by Gasteiger charge is 2.40. The Morgan fingerprint density at radius 3 is 2.58 bits per heavy atom. The number of cyclic esters (lactones) is 1. The molecule has 2 aliphatic rings. The van der Waals surface area contributed by atoms with Crippen LogP contribution in [0.5, 0.6) is 0 Å². The molecule has 1 atom stereocenters. The van der Waals surface area contributed by atoms with Gasteiger partial charge in [0.1, 0.15) is 6.61 Å². The fraction of sp³-hybridized carbons (Fsp3) is 0.421. The van der Waals surface area contributed by atoms with Crippen molar-refractivity contribution in [2.45, 2.75) is 31.5 Å². The minimum Gasteiger partial charge on any atom is -0.447 e. The predicted molar refractivity (Wildman–Crippen MR) is 91.5 cm³/mol. The zero-order valence-electron chi connectivity index (χ0n) is 13.7. The quantitative estimate of drug-likeness (QED) is 0.939. The van der Waals surface area contributed by atoms with Crippen LogP contribution < -0.4 is 0 Å². The standard InChI is InChI=1S/C19H23N3O2/c23-19-22(18(14-24-19)15-5-2-1-3-6-15)17-8-11-21(12-9-17)13-16-7-4-10-20-16/h1-7,10,17-18,20H,8-9,11-14H2/t18-/m0/s1. The molecule has 0 radical (unpaired) electrons. The zero-order valence-corrected chi connectivity index (χ0v) is 13.7. The lowest BCUT2D eigenvalue weighted by atomic mass is 9.99. The Bertz CT molecular complexity index is 663. The first-order chi connectivity index (χ1) is 11.8. The number of H-pyrrole nitrogens is 1. The first-order valence-corrected chi connectivity index (χ1v) is 8.66.